The fraction of sp³-hybridized carbons (Fsp3) is 0.800. The predicted molar refractivity (Wildman–Crippen MR) is 57.6 cm³/mol. The second-order valence-corrected chi connectivity index (χ2v) is 4.40. The molecule has 0 atom stereocenters. The average molecular weight is 185 g/mol. The van der Waals surface area contributed by atoms with Gasteiger partial charge in [-0.3, -0.25) is 0 Å². The molecule has 1 nitrogen and oxygen atoms in total. The zero-order chi connectivity index (χ0) is 8.65. The van der Waals surface area contributed by atoms with E-state index in [0.717, 1.165) is 0 Å². The monoisotopic (exact) mass is 185 g/mol. The van der Waals surface area contributed by atoms with Crippen molar-refractivity contribution in [2.45, 2.75) is 26.2 Å². The Morgan fingerprint density at radius 1 is 1.33 bits per heavy atom. The number of allylic oxidation sites excluding steroid dienone is 1. The molecule has 2 heteroatoms. The summed E-state index contributed by atoms with van der Waals surface area (Å²) in [4.78, 5) is 2.44. The minimum absolute atomic E-state index is 1.24. The molecule has 0 bridgehead atoms. The lowest BCUT2D eigenvalue weighted by molar-refractivity contribution is 0.415. The van der Waals surface area contributed by atoms with Crippen molar-refractivity contribution in [3.05, 3.63) is 12.3 Å². The summed E-state index contributed by atoms with van der Waals surface area (Å²) in [6.45, 7) is 4.73. The van der Waals surface area contributed by atoms with Crippen LogP contribution in [0.3, 0.4) is 0 Å². The van der Waals surface area contributed by atoms with Crippen LogP contribution >= 0.6 is 11.8 Å². The van der Waals surface area contributed by atoms with E-state index in [2.05, 4.69) is 35.9 Å². The molecule has 1 fully saturated rings. The van der Waals surface area contributed by atoms with Crippen LogP contribution in [0, 0.1) is 0 Å². The number of hydrogen-bond donors (Lipinski definition) is 0. The van der Waals surface area contributed by atoms with Gasteiger partial charge in [0.2, 0.25) is 0 Å². The smallest absolute Gasteiger partial charge is 0.0263 e. The fourth-order valence-electron chi connectivity index (χ4n) is 1.27. The standard InChI is InChI=1S/C10H19NS/c1-2-3-4-5-6-11-7-9-12-10-8-11/h5-6H,2-4,7-10H2,1H3/b6-5+. The van der Waals surface area contributed by atoms with Gasteiger partial charge in [-0.2, -0.15) is 11.8 Å². The molecule has 1 rings (SSSR count). The summed E-state index contributed by atoms with van der Waals surface area (Å²) in [5.41, 5.74) is 0. The number of thioether (sulfide) groups is 1. The van der Waals surface area contributed by atoms with Crippen molar-refractivity contribution >= 4 is 11.8 Å². The van der Waals surface area contributed by atoms with E-state index in [1.165, 1.54) is 43.9 Å². The van der Waals surface area contributed by atoms with E-state index in [1.807, 2.05) is 0 Å². The molecule has 0 aromatic carbocycles. The first-order chi connectivity index (χ1) is 5.93. The van der Waals surface area contributed by atoms with Crippen molar-refractivity contribution in [2.75, 3.05) is 24.6 Å². The van der Waals surface area contributed by atoms with Gasteiger partial charge in [0.15, 0.2) is 0 Å². The summed E-state index contributed by atoms with van der Waals surface area (Å²) in [5, 5.41) is 0. The molecule has 0 saturated carbocycles. The van der Waals surface area contributed by atoms with Crippen LogP contribution in [-0.2, 0) is 0 Å². The summed E-state index contributed by atoms with van der Waals surface area (Å²) in [6, 6.07) is 0. The third kappa shape index (κ3) is 4.05. The van der Waals surface area contributed by atoms with E-state index in [9.17, 15) is 0 Å². The summed E-state index contributed by atoms with van der Waals surface area (Å²) in [7, 11) is 0. The van der Waals surface area contributed by atoms with Gasteiger partial charge in [0.05, 0.1) is 0 Å². The zero-order valence-corrected chi connectivity index (χ0v) is 8.78. The minimum atomic E-state index is 1.24. The number of rotatable bonds is 4. The summed E-state index contributed by atoms with van der Waals surface area (Å²) >= 11 is 2.07. The Balaban J connectivity index is 2.07. The first-order valence-corrected chi connectivity index (χ1v) is 6.07. The highest BCUT2D eigenvalue weighted by atomic mass is 32.2. The molecular formula is C10H19NS. The maximum Gasteiger partial charge on any atom is 0.0263 e. The Hall–Kier alpha value is -0.110. The van der Waals surface area contributed by atoms with E-state index in [1.54, 1.807) is 0 Å². The summed E-state index contributed by atoms with van der Waals surface area (Å²) < 4.78 is 0. The van der Waals surface area contributed by atoms with E-state index in [4.69, 9.17) is 0 Å². The number of hydrogen-bond acceptors (Lipinski definition) is 2. The Labute approximate surface area is 80.2 Å². The van der Waals surface area contributed by atoms with Crippen LogP contribution in [0.2, 0.25) is 0 Å². The van der Waals surface area contributed by atoms with Gasteiger partial charge in [-0.25, -0.2) is 0 Å². The Morgan fingerprint density at radius 2 is 2.08 bits per heavy atom. The lowest BCUT2D eigenvalue weighted by atomic mass is 10.2. The van der Waals surface area contributed by atoms with Gasteiger partial charge in [-0.15, -0.1) is 0 Å². The zero-order valence-electron chi connectivity index (χ0n) is 7.96. The maximum absolute atomic E-state index is 2.44. The second-order valence-electron chi connectivity index (χ2n) is 3.18. The topological polar surface area (TPSA) is 3.24 Å². The highest BCUT2D eigenvalue weighted by molar-refractivity contribution is 7.99. The highest BCUT2D eigenvalue weighted by Gasteiger charge is 2.04. The van der Waals surface area contributed by atoms with Crippen LogP contribution in [0.25, 0.3) is 0 Å². The van der Waals surface area contributed by atoms with Gasteiger partial charge < -0.3 is 4.90 Å². The maximum atomic E-state index is 2.44. The van der Waals surface area contributed by atoms with E-state index in [-0.39, 0.29) is 0 Å². The summed E-state index contributed by atoms with van der Waals surface area (Å²) in [6.07, 6.45) is 8.49. The number of unbranched alkanes of at least 4 members (excludes halogenated alkanes) is 2. The molecule has 1 heterocycles. The third-order valence-corrected chi connectivity index (χ3v) is 3.03. The van der Waals surface area contributed by atoms with Crippen LogP contribution in [0.15, 0.2) is 12.3 Å². The van der Waals surface area contributed by atoms with Crippen molar-refractivity contribution in [3.8, 4) is 0 Å². The Morgan fingerprint density at radius 3 is 2.75 bits per heavy atom. The lowest BCUT2D eigenvalue weighted by Crippen LogP contribution is -2.27. The molecule has 1 aliphatic heterocycles. The van der Waals surface area contributed by atoms with E-state index < -0.39 is 0 Å². The largest absolute Gasteiger partial charge is 0.376 e. The predicted octanol–water partition coefficient (Wildman–Crippen LogP) is 2.74. The second kappa shape index (κ2) is 6.41. The van der Waals surface area contributed by atoms with Crippen LogP contribution < -0.4 is 0 Å². The van der Waals surface area contributed by atoms with E-state index in [0.29, 0.717) is 0 Å². The normalized spacial score (nSPS) is 18.9. The lowest BCUT2D eigenvalue weighted by Gasteiger charge is -2.24. The van der Waals surface area contributed by atoms with Crippen molar-refractivity contribution < 1.29 is 0 Å². The molecule has 0 radical (unpaired) electrons. The quantitative estimate of drug-likeness (QED) is 0.620. The first-order valence-electron chi connectivity index (χ1n) is 4.92. The van der Waals surface area contributed by atoms with Gasteiger partial charge in [0.25, 0.3) is 0 Å². The van der Waals surface area contributed by atoms with Crippen molar-refractivity contribution in [1.29, 1.82) is 0 Å². The molecule has 12 heavy (non-hydrogen) atoms. The van der Waals surface area contributed by atoms with Crippen molar-refractivity contribution in [3.63, 3.8) is 0 Å². The Bertz CT molecular complexity index is 128. The van der Waals surface area contributed by atoms with Gasteiger partial charge in [-0.1, -0.05) is 25.8 Å². The van der Waals surface area contributed by atoms with Gasteiger partial charge >= 0.3 is 0 Å². The van der Waals surface area contributed by atoms with Gasteiger partial charge in [0.1, 0.15) is 0 Å². The molecule has 0 aromatic rings. The van der Waals surface area contributed by atoms with Crippen molar-refractivity contribution in [2.24, 2.45) is 0 Å². The molecule has 0 N–H and O–H groups in total. The first kappa shape index (κ1) is 9.97. The molecule has 1 aliphatic rings. The molecule has 0 spiro atoms. The highest BCUT2D eigenvalue weighted by Crippen LogP contribution is 2.09. The molecule has 0 aliphatic carbocycles. The van der Waals surface area contributed by atoms with Crippen LogP contribution in [-0.4, -0.2) is 29.5 Å². The fourth-order valence-corrected chi connectivity index (χ4v) is 2.20. The molecule has 0 unspecified atom stereocenters. The molecule has 1 saturated heterocycles. The van der Waals surface area contributed by atoms with Crippen LogP contribution in [0.4, 0.5) is 0 Å². The Kier molecular flexibility index (Phi) is 5.33. The van der Waals surface area contributed by atoms with Crippen molar-refractivity contribution in [1.82, 2.24) is 4.90 Å². The molecular weight excluding hydrogens is 166 g/mol. The van der Waals surface area contributed by atoms with Crippen LogP contribution in [0.5, 0.6) is 0 Å². The summed E-state index contributed by atoms with van der Waals surface area (Å²) in [5.74, 6) is 2.61. The van der Waals surface area contributed by atoms with E-state index >= 15 is 0 Å². The number of nitrogens with zero attached hydrogens (tertiary/aromatic N) is 1. The minimum Gasteiger partial charge on any atom is -0.376 e. The SMILES string of the molecule is CCCC/C=C/N1CCSCC1. The molecule has 0 aromatic heterocycles. The average Bonchev–Trinajstić information content (AvgIpc) is 2.14. The molecule has 0 amide bonds. The third-order valence-electron chi connectivity index (χ3n) is 2.09. The van der Waals surface area contributed by atoms with Crippen LogP contribution in [0.1, 0.15) is 26.2 Å². The van der Waals surface area contributed by atoms with Gasteiger partial charge in [0, 0.05) is 24.6 Å². The van der Waals surface area contributed by atoms with Gasteiger partial charge in [-0.05, 0) is 12.6 Å². The molecule has 70 valence electrons.